The van der Waals surface area contributed by atoms with Gasteiger partial charge < -0.3 is 20.0 Å². The zero-order valence-corrected chi connectivity index (χ0v) is 20.2. The molecule has 2 saturated heterocycles. The molecule has 1 atom stereocenters. The van der Waals surface area contributed by atoms with Crippen molar-refractivity contribution in [2.24, 2.45) is 0 Å². The predicted octanol–water partition coefficient (Wildman–Crippen LogP) is 3.44. The quantitative estimate of drug-likeness (QED) is 0.624. The Morgan fingerprint density at radius 3 is 2.63 bits per heavy atom. The van der Waals surface area contributed by atoms with Crippen molar-refractivity contribution in [2.45, 2.75) is 51.1 Å². The van der Waals surface area contributed by atoms with E-state index in [-0.39, 0.29) is 17.7 Å². The maximum atomic E-state index is 13.5. The largest absolute Gasteiger partial charge is 0.352 e. The van der Waals surface area contributed by atoms with Gasteiger partial charge in [-0.05, 0) is 81.6 Å². The van der Waals surface area contributed by atoms with E-state index < -0.39 is 6.04 Å². The molecule has 1 N–H and O–H groups in total. The van der Waals surface area contributed by atoms with E-state index in [1.165, 1.54) is 32.4 Å². The molecule has 3 heterocycles. The molecule has 2 fully saturated rings. The Hall–Kier alpha value is -3.19. The third-order valence-corrected chi connectivity index (χ3v) is 7.41. The van der Waals surface area contributed by atoms with Crippen LogP contribution in [0, 0.1) is 0 Å². The number of hydrogen-bond acceptors (Lipinski definition) is 4. The van der Waals surface area contributed by atoms with Crippen LogP contribution in [0.5, 0.6) is 0 Å². The van der Waals surface area contributed by atoms with Crippen molar-refractivity contribution in [3.8, 4) is 0 Å². The number of nitrogens with zero attached hydrogens (tertiary/aromatic N) is 3. The van der Waals surface area contributed by atoms with Gasteiger partial charge in [-0.3, -0.25) is 14.4 Å². The first-order valence-electron chi connectivity index (χ1n) is 12.9. The zero-order chi connectivity index (χ0) is 24.2. The minimum Gasteiger partial charge on any atom is -0.352 e. The fourth-order valence-electron chi connectivity index (χ4n) is 5.56. The van der Waals surface area contributed by atoms with Crippen LogP contribution in [0.1, 0.15) is 64.8 Å². The molecule has 0 bridgehead atoms. The third kappa shape index (κ3) is 5.10. The molecule has 3 amide bonds. The second kappa shape index (κ2) is 10.6. The van der Waals surface area contributed by atoms with Crippen molar-refractivity contribution in [1.29, 1.82) is 0 Å². The SMILES string of the molecule is O=C(NCCCN1CCCCC1)c1cccc(CN2C(=O)[C@@H]3CCCN3C(=O)c3ccccc32)c1. The molecule has 0 unspecified atom stereocenters. The Kier molecular flexibility index (Phi) is 7.13. The monoisotopic (exact) mass is 474 g/mol. The molecular weight excluding hydrogens is 440 g/mol. The summed E-state index contributed by atoms with van der Waals surface area (Å²) < 4.78 is 0. The first-order valence-corrected chi connectivity index (χ1v) is 12.9. The Morgan fingerprint density at radius 2 is 1.77 bits per heavy atom. The number of carbonyl (C=O) groups excluding carboxylic acids is 3. The molecule has 7 heteroatoms. The average molecular weight is 475 g/mol. The molecule has 2 aromatic rings. The summed E-state index contributed by atoms with van der Waals surface area (Å²) in [5, 5.41) is 3.04. The molecule has 0 spiro atoms. The van der Waals surface area contributed by atoms with Gasteiger partial charge >= 0.3 is 0 Å². The Labute approximate surface area is 207 Å². The summed E-state index contributed by atoms with van der Waals surface area (Å²) >= 11 is 0. The van der Waals surface area contributed by atoms with E-state index in [9.17, 15) is 14.4 Å². The van der Waals surface area contributed by atoms with E-state index >= 15 is 0 Å². The fraction of sp³-hybridized carbons (Fsp3) is 0.464. The van der Waals surface area contributed by atoms with Crippen molar-refractivity contribution >= 4 is 23.4 Å². The summed E-state index contributed by atoms with van der Waals surface area (Å²) in [7, 11) is 0. The number of fused-ring (bicyclic) bond motifs is 2. The van der Waals surface area contributed by atoms with Gasteiger partial charge in [0, 0.05) is 18.7 Å². The van der Waals surface area contributed by atoms with E-state index in [0.29, 0.717) is 42.9 Å². The normalized spacial score (nSPS) is 20.4. The van der Waals surface area contributed by atoms with Crippen molar-refractivity contribution < 1.29 is 14.4 Å². The zero-order valence-electron chi connectivity index (χ0n) is 20.2. The minimum atomic E-state index is -0.415. The maximum absolute atomic E-state index is 13.5. The summed E-state index contributed by atoms with van der Waals surface area (Å²) in [5.41, 5.74) is 2.67. The van der Waals surface area contributed by atoms with Crippen LogP contribution in [0.25, 0.3) is 0 Å². The highest BCUT2D eigenvalue weighted by atomic mass is 16.2. The number of carbonyl (C=O) groups is 3. The van der Waals surface area contributed by atoms with Crippen molar-refractivity contribution in [3.05, 3.63) is 65.2 Å². The number of amides is 3. The molecule has 7 nitrogen and oxygen atoms in total. The molecule has 2 aromatic carbocycles. The number of hydrogen-bond donors (Lipinski definition) is 1. The van der Waals surface area contributed by atoms with Crippen molar-refractivity contribution in [1.82, 2.24) is 15.1 Å². The summed E-state index contributed by atoms with van der Waals surface area (Å²) in [5.74, 6) is -0.213. The predicted molar refractivity (Wildman–Crippen MR) is 135 cm³/mol. The number of rotatable bonds is 7. The van der Waals surface area contributed by atoms with Crippen LogP contribution < -0.4 is 10.2 Å². The first kappa shape index (κ1) is 23.5. The average Bonchev–Trinajstić information content (AvgIpc) is 3.37. The second-order valence-electron chi connectivity index (χ2n) is 9.81. The molecule has 3 aliphatic heterocycles. The van der Waals surface area contributed by atoms with Crippen LogP contribution in [0.4, 0.5) is 5.69 Å². The molecule has 35 heavy (non-hydrogen) atoms. The fourth-order valence-corrected chi connectivity index (χ4v) is 5.56. The Morgan fingerprint density at radius 1 is 0.943 bits per heavy atom. The van der Waals surface area contributed by atoms with E-state index in [0.717, 1.165) is 24.9 Å². The molecule has 184 valence electrons. The first-order chi connectivity index (χ1) is 17.1. The van der Waals surface area contributed by atoms with Crippen LogP contribution >= 0.6 is 0 Å². The third-order valence-electron chi connectivity index (χ3n) is 7.41. The maximum Gasteiger partial charge on any atom is 0.256 e. The highest BCUT2D eigenvalue weighted by molar-refractivity contribution is 6.11. The van der Waals surface area contributed by atoms with Gasteiger partial charge in [0.2, 0.25) is 5.91 Å². The lowest BCUT2D eigenvalue weighted by Crippen LogP contribution is -2.44. The highest BCUT2D eigenvalue weighted by Crippen LogP contribution is 2.33. The van der Waals surface area contributed by atoms with Gasteiger partial charge in [0.1, 0.15) is 6.04 Å². The number of nitrogens with one attached hydrogen (secondary N) is 1. The number of para-hydroxylation sites is 1. The van der Waals surface area contributed by atoms with E-state index in [1.54, 1.807) is 15.9 Å². The van der Waals surface area contributed by atoms with Crippen LogP contribution in [0.2, 0.25) is 0 Å². The summed E-state index contributed by atoms with van der Waals surface area (Å²) in [6.45, 7) is 4.94. The van der Waals surface area contributed by atoms with Gasteiger partial charge in [0.25, 0.3) is 11.8 Å². The van der Waals surface area contributed by atoms with Crippen LogP contribution in [-0.2, 0) is 11.3 Å². The molecule has 5 rings (SSSR count). The molecule has 0 aromatic heterocycles. The standard InChI is InChI=1S/C28H34N4O3/c33-26(29-14-8-17-30-15-4-1-5-16-30)22-10-6-9-21(19-22)20-32-24-12-3-2-11-23(24)27(34)31-18-7-13-25(31)28(32)35/h2-3,6,9-12,19,25H,1,4-5,7-8,13-18,20H2,(H,29,33)/t25-/m0/s1. The number of likely N-dealkylation sites (tertiary alicyclic amines) is 1. The minimum absolute atomic E-state index is 0.0478. The van der Waals surface area contributed by atoms with E-state index in [2.05, 4.69) is 10.2 Å². The van der Waals surface area contributed by atoms with Gasteiger partial charge in [-0.25, -0.2) is 0 Å². The number of anilines is 1. The van der Waals surface area contributed by atoms with Gasteiger partial charge in [-0.15, -0.1) is 0 Å². The number of benzene rings is 2. The molecule has 0 radical (unpaired) electrons. The highest BCUT2D eigenvalue weighted by Gasteiger charge is 2.41. The summed E-state index contributed by atoms with van der Waals surface area (Å²) in [6.07, 6.45) is 6.34. The Balaban J connectivity index is 1.27. The topological polar surface area (TPSA) is 73.0 Å². The van der Waals surface area contributed by atoms with Crippen molar-refractivity contribution in [3.63, 3.8) is 0 Å². The molecular formula is C28H34N4O3. The van der Waals surface area contributed by atoms with Gasteiger partial charge in [-0.1, -0.05) is 30.7 Å². The second-order valence-corrected chi connectivity index (χ2v) is 9.81. The summed E-state index contributed by atoms with van der Waals surface area (Å²) in [4.78, 5) is 45.3. The lowest BCUT2D eigenvalue weighted by atomic mass is 10.1. The van der Waals surface area contributed by atoms with Gasteiger partial charge in [-0.2, -0.15) is 0 Å². The smallest absolute Gasteiger partial charge is 0.256 e. The van der Waals surface area contributed by atoms with Crippen molar-refractivity contribution in [2.75, 3.05) is 37.6 Å². The lowest BCUT2D eigenvalue weighted by Gasteiger charge is -2.26. The number of piperidine rings is 1. The van der Waals surface area contributed by atoms with E-state index in [4.69, 9.17) is 0 Å². The van der Waals surface area contributed by atoms with Crippen LogP contribution in [-0.4, -0.2) is 66.3 Å². The van der Waals surface area contributed by atoms with Gasteiger partial charge in [0.05, 0.1) is 17.8 Å². The van der Waals surface area contributed by atoms with Crippen LogP contribution in [0.3, 0.4) is 0 Å². The molecule has 3 aliphatic rings. The summed E-state index contributed by atoms with van der Waals surface area (Å²) in [6, 6.07) is 14.4. The van der Waals surface area contributed by atoms with E-state index in [1.807, 2.05) is 42.5 Å². The van der Waals surface area contributed by atoms with Gasteiger partial charge in [0.15, 0.2) is 0 Å². The lowest BCUT2D eigenvalue weighted by molar-refractivity contribution is -0.122. The molecule has 0 aliphatic carbocycles. The van der Waals surface area contributed by atoms with Crippen LogP contribution in [0.15, 0.2) is 48.5 Å². The Bertz CT molecular complexity index is 1100. The molecule has 0 saturated carbocycles.